The zero-order valence-electron chi connectivity index (χ0n) is 14.4. The Morgan fingerprint density at radius 3 is 2.11 bits per heavy atom. The van der Waals surface area contributed by atoms with Crippen LogP contribution in [0.1, 0.15) is 22.7 Å². The highest BCUT2D eigenvalue weighted by atomic mass is 35.5. The van der Waals surface area contributed by atoms with Crippen LogP contribution in [-0.2, 0) is 17.9 Å². The third-order valence-corrected chi connectivity index (χ3v) is 4.86. The van der Waals surface area contributed by atoms with Crippen molar-refractivity contribution in [2.45, 2.75) is 19.1 Å². The van der Waals surface area contributed by atoms with E-state index in [9.17, 15) is 4.79 Å². The van der Waals surface area contributed by atoms with Gasteiger partial charge in [-0.2, -0.15) is 0 Å². The Morgan fingerprint density at radius 2 is 1.48 bits per heavy atom. The zero-order chi connectivity index (χ0) is 19.1. The molecule has 0 bridgehead atoms. The number of hydrogen-bond acceptors (Lipinski definition) is 4. The second-order valence-electron chi connectivity index (χ2n) is 5.89. The molecule has 3 rings (SSSR count). The number of amides is 1. The summed E-state index contributed by atoms with van der Waals surface area (Å²) in [5.41, 5.74) is 2.60. The Labute approximate surface area is 167 Å². The SMILES string of the molecule is O=C(NCc1ccncc1)C(NCc1ccncc1)c1cccc(Cl)c1Cl. The number of nitrogens with one attached hydrogen (secondary N) is 2. The summed E-state index contributed by atoms with van der Waals surface area (Å²) >= 11 is 12.5. The molecule has 0 spiro atoms. The molecule has 7 heteroatoms. The van der Waals surface area contributed by atoms with Crippen LogP contribution in [0.2, 0.25) is 10.0 Å². The van der Waals surface area contributed by atoms with Gasteiger partial charge in [-0.3, -0.25) is 20.1 Å². The molecule has 0 radical (unpaired) electrons. The van der Waals surface area contributed by atoms with E-state index in [0.29, 0.717) is 28.7 Å². The fourth-order valence-corrected chi connectivity index (χ4v) is 3.02. The second kappa shape index (κ2) is 9.46. The maximum atomic E-state index is 12.9. The highest BCUT2D eigenvalue weighted by Gasteiger charge is 2.23. The highest BCUT2D eigenvalue weighted by Crippen LogP contribution is 2.30. The maximum absolute atomic E-state index is 12.9. The molecule has 3 aromatic rings. The van der Waals surface area contributed by atoms with Gasteiger partial charge in [0, 0.05) is 37.9 Å². The Morgan fingerprint density at radius 1 is 0.889 bits per heavy atom. The van der Waals surface area contributed by atoms with Crippen LogP contribution in [0.15, 0.2) is 67.3 Å². The van der Waals surface area contributed by atoms with Gasteiger partial charge in [0.05, 0.1) is 10.0 Å². The molecule has 0 fully saturated rings. The Kier molecular flexibility index (Phi) is 6.76. The van der Waals surface area contributed by atoms with Gasteiger partial charge in [0.2, 0.25) is 5.91 Å². The van der Waals surface area contributed by atoms with Gasteiger partial charge in [0.1, 0.15) is 6.04 Å². The van der Waals surface area contributed by atoms with Gasteiger partial charge in [-0.15, -0.1) is 0 Å². The summed E-state index contributed by atoms with van der Waals surface area (Å²) in [6.45, 7) is 0.881. The highest BCUT2D eigenvalue weighted by molar-refractivity contribution is 6.42. The van der Waals surface area contributed by atoms with E-state index in [1.165, 1.54) is 0 Å². The molecular formula is C20H18Cl2N4O. The number of carbonyl (C=O) groups is 1. The van der Waals surface area contributed by atoms with Gasteiger partial charge in [-0.1, -0.05) is 35.3 Å². The maximum Gasteiger partial charge on any atom is 0.242 e. The minimum atomic E-state index is -0.647. The molecular weight excluding hydrogens is 383 g/mol. The number of benzene rings is 1. The van der Waals surface area contributed by atoms with Crippen molar-refractivity contribution in [2.75, 3.05) is 0 Å². The van der Waals surface area contributed by atoms with Crippen molar-refractivity contribution in [3.63, 3.8) is 0 Å². The zero-order valence-corrected chi connectivity index (χ0v) is 15.9. The van der Waals surface area contributed by atoms with Crippen molar-refractivity contribution in [3.05, 3.63) is 94.0 Å². The van der Waals surface area contributed by atoms with Crippen molar-refractivity contribution in [1.82, 2.24) is 20.6 Å². The topological polar surface area (TPSA) is 66.9 Å². The molecule has 5 nitrogen and oxygen atoms in total. The summed E-state index contributed by atoms with van der Waals surface area (Å²) in [7, 11) is 0. The van der Waals surface area contributed by atoms with Crippen molar-refractivity contribution in [1.29, 1.82) is 0 Å². The average molecular weight is 401 g/mol. The lowest BCUT2D eigenvalue weighted by atomic mass is 10.1. The first kappa shape index (κ1) is 19.3. The minimum absolute atomic E-state index is 0.190. The molecule has 0 saturated heterocycles. The first-order valence-corrected chi connectivity index (χ1v) is 9.13. The summed E-state index contributed by atoms with van der Waals surface area (Å²) in [5.74, 6) is -0.190. The molecule has 138 valence electrons. The number of aromatic nitrogens is 2. The van der Waals surface area contributed by atoms with Crippen molar-refractivity contribution >= 4 is 29.1 Å². The summed E-state index contributed by atoms with van der Waals surface area (Å²) in [5, 5.41) is 6.97. The molecule has 27 heavy (non-hydrogen) atoms. The number of carbonyl (C=O) groups excluding carboxylic acids is 1. The van der Waals surface area contributed by atoms with Gasteiger partial charge in [-0.05, 0) is 47.0 Å². The van der Waals surface area contributed by atoms with Crippen LogP contribution in [0.25, 0.3) is 0 Å². The predicted molar refractivity (Wildman–Crippen MR) is 106 cm³/mol. The molecule has 1 aromatic carbocycles. The normalized spacial score (nSPS) is 11.8. The Hall–Kier alpha value is -2.47. The van der Waals surface area contributed by atoms with Crippen LogP contribution in [0.3, 0.4) is 0 Å². The van der Waals surface area contributed by atoms with Crippen LogP contribution < -0.4 is 10.6 Å². The van der Waals surface area contributed by atoms with E-state index in [1.54, 1.807) is 43.0 Å². The van der Waals surface area contributed by atoms with Gasteiger partial charge in [0.15, 0.2) is 0 Å². The molecule has 1 unspecified atom stereocenters. The lowest BCUT2D eigenvalue weighted by Gasteiger charge is -2.20. The van der Waals surface area contributed by atoms with Crippen molar-refractivity contribution in [3.8, 4) is 0 Å². The van der Waals surface area contributed by atoms with Gasteiger partial charge in [0.25, 0.3) is 0 Å². The van der Waals surface area contributed by atoms with Gasteiger partial charge < -0.3 is 5.32 Å². The molecule has 0 saturated carbocycles. The molecule has 1 amide bonds. The van der Waals surface area contributed by atoms with E-state index in [-0.39, 0.29) is 5.91 Å². The van der Waals surface area contributed by atoms with Crippen LogP contribution in [-0.4, -0.2) is 15.9 Å². The van der Waals surface area contributed by atoms with E-state index in [1.807, 2.05) is 24.3 Å². The summed E-state index contributed by atoms with van der Waals surface area (Å²) < 4.78 is 0. The number of nitrogens with zero attached hydrogens (tertiary/aromatic N) is 2. The van der Waals surface area contributed by atoms with Gasteiger partial charge in [-0.25, -0.2) is 0 Å². The molecule has 1 atom stereocenters. The standard InChI is InChI=1S/C20H18Cl2N4O/c21-17-3-1-2-16(18(17)22)19(25-12-14-4-8-23-9-5-14)20(27)26-13-15-6-10-24-11-7-15/h1-11,19,25H,12-13H2,(H,26,27). The fraction of sp³-hybridized carbons (Fsp3) is 0.150. The number of halogens is 2. The van der Waals surface area contributed by atoms with E-state index in [2.05, 4.69) is 20.6 Å². The van der Waals surface area contributed by atoms with E-state index in [4.69, 9.17) is 23.2 Å². The lowest BCUT2D eigenvalue weighted by Crippen LogP contribution is -2.37. The Balaban J connectivity index is 1.78. The molecule has 0 aliphatic heterocycles. The second-order valence-corrected chi connectivity index (χ2v) is 6.67. The smallest absolute Gasteiger partial charge is 0.242 e. The van der Waals surface area contributed by atoms with Crippen LogP contribution >= 0.6 is 23.2 Å². The van der Waals surface area contributed by atoms with Crippen molar-refractivity contribution < 1.29 is 4.79 Å². The van der Waals surface area contributed by atoms with E-state index in [0.717, 1.165) is 11.1 Å². The predicted octanol–water partition coefficient (Wildman–Crippen LogP) is 3.93. The third-order valence-electron chi connectivity index (χ3n) is 4.03. The number of rotatable bonds is 7. The largest absolute Gasteiger partial charge is 0.350 e. The molecule has 0 aliphatic rings. The summed E-state index contributed by atoms with van der Waals surface area (Å²) in [6, 6.07) is 12.1. The molecule has 2 aromatic heterocycles. The van der Waals surface area contributed by atoms with Crippen LogP contribution in [0.4, 0.5) is 0 Å². The molecule has 2 heterocycles. The van der Waals surface area contributed by atoms with Crippen molar-refractivity contribution in [2.24, 2.45) is 0 Å². The van der Waals surface area contributed by atoms with E-state index >= 15 is 0 Å². The minimum Gasteiger partial charge on any atom is -0.350 e. The quantitative estimate of drug-likeness (QED) is 0.630. The van der Waals surface area contributed by atoms with E-state index < -0.39 is 6.04 Å². The Bertz CT molecular complexity index is 891. The number of hydrogen-bond donors (Lipinski definition) is 2. The van der Waals surface area contributed by atoms with Crippen LogP contribution in [0.5, 0.6) is 0 Å². The lowest BCUT2D eigenvalue weighted by molar-refractivity contribution is -0.123. The first-order chi connectivity index (χ1) is 13.1. The average Bonchev–Trinajstić information content (AvgIpc) is 2.71. The fourth-order valence-electron chi connectivity index (χ4n) is 2.60. The molecule has 0 aliphatic carbocycles. The number of pyridine rings is 2. The van der Waals surface area contributed by atoms with Gasteiger partial charge >= 0.3 is 0 Å². The van der Waals surface area contributed by atoms with Crippen LogP contribution in [0, 0.1) is 0 Å². The summed E-state index contributed by atoms with van der Waals surface area (Å²) in [6.07, 6.45) is 6.80. The summed E-state index contributed by atoms with van der Waals surface area (Å²) in [4.78, 5) is 20.9. The monoisotopic (exact) mass is 400 g/mol. The molecule has 2 N–H and O–H groups in total. The third kappa shape index (κ3) is 5.26. The first-order valence-electron chi connectivity index (χ1n) is 8.38.